The maximum Gasteiger partial charge on any atom is 0.286 e. The molecule has 0 saturated heterocycles. The number of allylic oxidation sites excluding steroid dienone is 1. The summed E-state index contributed by atoms with van der Waals surface area (Å²) >= 11 is 0. The maximum atomic E-state index is 12.4. The lowest BCUT2D eigenvalue weighted by atomic mass is 9.70. The SMILES string of the molecule is CCO[C@@H]1OC(C(=O)NC2CC2)=C[C@H](C(C)(C)C)[C@@H]1CCCO. The van der Waals surface area contributed by atoms with E-state index < -0.39 is 6.29 Å². The molecule has 5 heteroatoms. The number of amides is 1. The van der Waals surface area contributed by atoms with E-state index in [0.29, 0.717) is 24.8 Å². The summed E-state index contributed by atoms with van der Waals surface area (Å²) in [6.45, 7) is 9.14. The molecule has 1 saturated carbocycles. The van der Waals surface area contributed by atoms with Crippen LogP contribution >= 0.6 is 0 Å². The highest BCUT2D eigenvalue weighted by molar-refractivity contribution is 5.92. The van der Waals surface area contributed by atoms with Crippen molar-refractivity contribution in [3.05, 3.63) is 11.8 Å². The summed E-state index contributed by atoms with van der Waals surface area (Å²) in [5.74, 6) is 0.557. The Morgan fingerprint density at radius 3 is 2.65 bits per heavy atom. The normalized spacial score (nSPS) is 28.0. The van der Waals surface area contributed by atoms with Crippen molar-refractivity contribution in [2.24, 2.45) is 17.3 Å². The third kappa shape index (κ3) is 4.95. The molecule has 0 spiro atoms. The monoisotopic (exact) mass is 325 g/mol. The molecule has 5 nitrogen and oxygen atoms in total. The Kier molecular flexibility index (Phi) is 6.09. The van der Waals surface area contributed by atoms with Crippen molar-refractivity contribution >= 4 is 5.91 Å². The first-order valence-electron chi connectivity index (χ1n) is 8.78. The van der Waals surface area contributed by atoms with Gasteiger partial charge in [0.15, 0.2) is 5.76 Å². The minimum absolute atomic E-state index is 0.00956. The molecule has 0 aromatic carbocycles. The van der Waals surface area contributed by atoms with Crippen molar-refractivity contribution in [2.45, 2.75) is 65.7 Å². The van der Waals surface area contributed by atoms with Crippen LogP contribution in [0.3, 0.4) is 0 Å². The zero-order valence-corrected chi connectivity index (χ0v) is 14.8. The van der Waals surface area contributed by atoms with Crippen molar-refractivity contribution in [1.82, 2.24) is 5.32 Å². The summed E-state index contributed by atoms with van der Waals surface area (Å²) in [6, 6.07) is 0.303. The van der Waals surface area contributed by atoms with Gasteiger partial charge in [0, 0.05) is 25.2 Å². The van der Waals surface area contributed by atoms with Crippen LogP contribution in [0.4, 0.5) is 0 Å². The molecule has 3 atom stereocenters. The Morgan fingerprint density at radius 2 is 2.13 bits per heavy atom. The summed E-state index contributed by atoms with van der Waals surface area (Å²) in [7, 11) is 0. The largest absolute Gasteiger partial charge is 0.459 e. The Bertz CT molecular complexity index is 437. The molecular weight excluding hydrogens is 294 g/mol. The summed E-state index contributed by atoms with van der Waals surface area (Å²) in [4.78, 5) is 12.4. The van der Waals surface area contributed by atoms with Gasteiger partial charge in [-0.1, -0.05) is 20.8 Å². The van der Waals surface area contributed by atoms with E-state index in [1.54, 1.807) is 0 Å². The number of carbonyl (C=O) groups excluding carboxylic acids is 1. The summed E-state index contributed by atoms with van der Waals surface area (Å²) in [6.07, 6.45) is 5.17. The summed E-state index contributed by atoms with van der Waals surface area (Å²) in [5.41, 5.74) is -0.00956. The first kappa shape index (κ1) is 18.3. The van der Waals surface area contributed by atoms with Crippen LogP contribution in [0.1, 0.15) is 53.4 Å². The smallest absolute Gasteiger partial charge is 0.286 e. The summed E-state index contributed by atoms with van der Waals surface area (Å²) < 4.78 is 11.7. The van der Waals surface area contributed by atoms with E-state index in [1.165, 1.54) is 0 Å². The second-order valence-corrected chi connectivity index (χ2v) is 7.64. The third-order valence-corrected chi connectivity index (χ3v) is 4.55. The van der Waals surface area contributed by atoms with Gasteiger partial charge in [0.05, 0.1) is 0 Å². The van der Waals surface area contributed by atoms with Crippen molar-refractivity contribution < 1.29 is 19.4 Å². The van der Waals surface area contributed by atoms with Crippen LogP contribution in [0.15, 0.2) is 11.8 Å². The van der Waals surface area contributed by atoms with Crippen LogP contribution in [0, 0.1) is 17.3 Å². The molecule has 0 unspecified atom stereocenters. The van der Waals surface area contributed by atoms with Gasteiger partial charge in [0.25, 0.3) is 5.91 Å². The van der Waals surface area contributed by atoms with Gasteiger partial charge in [0.1, 0.15) is 0 Å². The number of ether oxygens (including phenoxy) is 2. The van der Waals surface area contributed by atoms with Gasteiger partial charge in [-0.05, 0) is 50.0 Å². The fourth-order valence-corrected chi connectivity index (χ4v) is 3.18. The van der Waals surface area contributed by atoms with Gasteiger partial charge < -0.3 is 19.9 Å². The fraction of sp³-hybridized carbons (Fsp3) is 0.833. The standard InChI is InChI=1S/C18H31NO4/c1-5-22-17-13(7-6-10-20)14(18(2,3)4)11-15(23-17)16(21)19-12-8-9-12/h11-14,17,20H,5-10H2,1-4H3,(H,19,21)/t13-,14-,17+/m0/s1. The maximum absolute atomic E-state index is 12.4. The lowest BCUT2D eigenvalue weighted by Crippen LogP contribution is -2.43. The molecule has 2 rings (SSSR count). The highest BCUT2D eigenvalue weighted by atomic mass is 16.7. The molecular formula is C18H31NO4. The number of aliphatic hydroxyl groups excluding tert-OH is 1. The zero-order chi connectivity index (χ0) is 17.0. The van der Waals surface area contributed by atoms with Crippen molar-refractivity contribution in [2.75, 3.05) is 13.2 Å². The lowest BCUT2D eigenvalue weighted by molar-refractivity contribution is -0.179. The second kappa shape index (κ2) is 7.67. The number of hydrogen-bond acceptors (Lipinski definition) is 4. The van der Waals surface area contributed by atoms with Crippen molar-refractivity contribution in [1.29, 1.82) is 0 Å². The lowest BCUT2D eigenvalue weighted by Gasteiger charge is -2.42. The number of hydrogen-bond donors (Lipinski definition) is 2. The molecule has 2 aliphatic rings. The Balaban J connectivity index is 2.22. The van der Waals surface area contributed by atoms with Crippen LogP contribution in [0.25, 0.3) is 0 Å². The van der Waals surface area contributed by atoms with Crippen molar-refractivity contribution in [3.63, 3.8) is 0 Å². The van der Waals surface area contributed by atoms with Crippen LogP contribution in [-0.4, -0.2) is 36.6 Å². The average Bonchev–Trinajstić information content (AvgIpc) is 3.28. The van der Waals surface area contributed by atoms with Gasteiger partial charge >= 0.3 is 0 Å². The molecule has 0 aromatic heterocycles. The van der Waals surface area contributed by atoms with Gasteiger partial charge in [-0.15, -0.1) is 0 Å². The number of carbonyl (C=O) groups is 1. The van der Waals surface area contributed by atoms with Gasteiger partial charge in [0.2, 0.25) is 6.29 Å². The second-order valence-electron chi connectivity index (χ2n) is 7.64. The van der Waals surface area contributed by atoms with Gasteiger partial charge in [-0.25, -0.2) is 0 Å². The topological polar surface area (TPSA) is 67.8 Å². The van der Waals surface area contributed by atoms with E-state index >= 15 is 0 Å². The molecule has 1 aliphatic carbocycles. The quantitative estimate of drug-likeness (QED) is 0.755. The first-order chi connectivity index (χ1) is 10.9. The van der Waals surface area contributed by atoms with E-state index in [9.17, 15) is 9.90 Å². The van der Waals surface area contributed by atoms with E-state index in [0.717, 1.165) is 19.3 Å². The van der Waals surface area contributed by atoms with E-state index in [2.05, 4.69) is 26.1 Å². The van der Waals surface area contributed by atoms with E-state index in [1.807, 2.05) is 13.0 Å². The highest BCUT2D eigenvalue weighted by Gasteiger charge is 2.42. The highest BCUT2D eigenvalue weighted by Crippen LogP contribution is 2.42. The minimum atomic E-state index is -0.430. The fourth-order valence-electron chi connectivity index (χ4n) is 3.18. The molecule has 1 fully saturated rings. The molecule has 132 valence electrons. The zero-order valence-electron chi connectivity index (χ0n) is 14.8. The average molecular weight is 325 g/mol. The van der Waals surface area contributed by atoms with E-state index in [-0.39, 0.29) is 29.8 Å². The molecule has 1 aliphatic heterocycles. The van der Waals surface area contributed by atoms with Crippen LogP contribution in [0.2, 0.25) is 0 Å². The summed E-state index contributed by atoms with van der Waals surface area (Å²) in [5, 5.41) is 12.2. The van der Waals surface area contributed by atoms with Crippen LogP contribution in [-0.2, 0) is 14.3 Å². The van der Waals surface area contributed by atoms with Crippen LogP contribution < -0.4 is 5.32 Å². The molecule has 0 bridgehead atoms. The molecule has 2 N–H and O–H groups in total. The molecule has 0 aromatic rings. The van der Waals surface area contributed by atoms with Crippen molar-refractivity contribution in [3.8, 4) is 0 Å². The van der Waals surface area contributed by atoms with Gasteiger partial charge in [-0.3, -0.25) is 4.79 Å². The van der Waals surface area contributed by atoms with E-state index in [4.69, 9.17) is 9.47 Å². The molecule has 0 radical (unpaired) electrons. The molecule has 1 heterocycles. The third-order valence-electron chi connectivity index (χ3n) is 4.55. The van der Waals surface area contributed by atoms with Crippen LogP contribution in [0.5, 0.6) is 0 Å². The number of aliphatic hydroxyl groups is 1. The Labute approximate surface area is 139 Å². The number of nitrogens with one attached hydrogen (secondary N) is 1. The predicted octanol–water partition coefficient (Wildman–Crippen LogP) is 2.59. The predicted molar refractivity (Wildman–Crippen MR) is 88.5 cm³/mol. The Hall–Kier alpha value is -1.07. The molecule has 1 amide bonds. The Morgan fingerprint density at radius 1 is 1.43 bits per heavy atom. The van der Waals surface area contributed by atoms with Gasteiger partial charge in [-0.2, -0.15) is 0 Å². The molecule has 23 heavy (non-hydrogen) atoms. The first-order valence-corrected chi connectivity index (χ1v) is 8.78. The number of rotatable bonds is 7. The minimum Gasteiger partial charge on any atom is -0.459 e.